The summed E-state index contributed by atoms with van der Waals surface area (Å²) in [7, 11) is 0. The van der Waals surface area contributed by atoms with E-state index < -0.39 is 17.7 Å². The van der Waals surface area contributed by atoms with E-state index in [2.05, 4.69) is 10.3 Å². The van der Waals surface area contributed by atoms with Crippen LogP contribution in [0, 0.1) is 0 Å². The Morgan fingerprint density at radius 2 is 2.05 bits per heavy atom. The molecule has 1 aromatic rings. The van der Waals surface area contributed by atoms with Gasteiger partial charge in [0.25, 0.3) is 0 Å². The Labute approximate surface area is 116 Å². The topological polar surface area (TPSA) is 97.5 Å². The van der Waals surface area contributed by atoms with Gasteiger partial charge in [0.2, 0.25) is 0 Å². The van der Waals surface area contributed by atoms with Crippen LogP contribution in [0.25, 0.3) is 0 Å². The van der Waals surface area contributed by atoms with Crippen molar-refractivity contribution in [2.24, 2.45) is 0 Å². The summed E-state index contributed by atoms with van der Waals surface area (Å²) in [6.45, 7) is 6.95. The fraction of sp³-hybridized carbons (Fsp3) is 0.462. The number of aromatic nitrogens is 1. The molecule has 0 atom stereocenters. The first-order valence-corrected chi connectivity index (χ1v) is 6.12. The van der Waals surface area contributed by atoms with Crippen LogP contribution in [-0.4, -0.2) is 35.5 Å². The summed E-state index contributed by atoms with van der Waals surface area (Å²) >= 11 is 0. The van der Waals surface area contributed by atoms with Crippen LogP contribution >= 0.6 is 0 Å². The normalized spacial score (nSPS) is 10.8. The first-order chi connectivity index (χ1) is 9.28. The number of esters is 1. The van der Waals surface area contributed by atoms with Crippen LogP contribution in [0.4, 0.5) is 10.5 Å². The number of carbonyl (C=O) groups is 3. The molecule has 1 amide bonds. The van der Waals surface area contributed by atoms with Crippen molar-refractivity contribution in [2.45, 2.75) is 33.3 Å². The minimum atomic E-state index is -0.759. The summed E-state index contributed by atoms with van der Waals surface area (Å²) in [6, 6.07) is 0. The van der Waals surface area contributed by atoms with Crippen molar-refractivity contribution in [2.75, 3.05) is 11.9 Å². The van der Waals surface area contributed by atoms with Gasteiger partial charge in [0.05, 0.1) is 17.9 Å². The Hall–Kier alpha value is -2.31. The molecule has 7 heteroatoms. The maximum atomic E-state index is 11.7. The summed E-state index contributed by atoms with van der Waals surface area (Å²) in [6.07, 6.45) is 1.07. The third-order valence-corrected chi connectivity index (χ3v) is 2.14. The lowest BCUT2D eigenvalue weighted by atomic mass is 10.2. The molecule has 1 aromatic heterocycles. The predicted octanol–water partition coefficient (Wildman–Crippen LogP) is 2.35. The third kappa shape index (κ3) is 4.11. The number of nitrogens with one attached hydrogen (secondary N) is 2. The van der Waals surface area contributed by atoms with Gasteiger partial charge in [-0.15, -0.1) is 0 Å². The van der Waals surface area contributed by atoms with Gasteiger partial charge in [-0.1, -0.05) is 0 Å². The van der Waals surface area contributed by atoms with Crippen molar-refractivity contribution < 1.29 is 23.9 Å². The molecule has 0 aliphatic rings. The fourth-order valence-corrected chi connectivity index (χ4v) is 1.44. The van der Waals surface area contributed by atoms with E-state index in [0.29, 0.717) is 6.29 Å². The minimum Gasteiger partial charge on any atom is -0.461 e. The molecule has 7 nitrogen and oxygen atoms in total. The summed E-state index contributed by atoms with van der Waals surface area (Å²) in [5.41, 5.74) is -0.502. The molecular weight excluding hydrogens is 264 g/mol. The van der Waals surface area contributed by atoms with E-state index in [1.807, 2.05) is 0 Å². The second kappa shape index (κ2) is 6.23. The number of amides is 1. The highest BCUT2D eigenvalue weighted by molar-refractivity contribution is 6.04. The van der Waals surface area contributed by atoms with Crippen LogP contribution in [0.3, 0.4) is 0 Å². The quantitative estimate of drug-likeness (QED) is 0.652. The number of hydrogen-bond acceptors (Lipinski definition) is 5. The van der Waals surface area contributed by atoms with Gasteiger partial charge in [-0.25, -0.2) is 9.59 Å². The SMILES string of the molecule is CCOC(=O)c1[nH]cc(C=O)c1NC(=O)OC(C)(C)C. The van der Waals surface area contributed by atoms with Gasteiger partial charge in [0, 0.05) is 6.20 Å². The van der Waals surface area contributed by atoms with Gasteiger partial charge < -0.3 is 14.5 Å². The van der Waals surface area contributed by atoms with Gasteiger partial charge in [-0.3, -0.25) is 10.1 Å². The molecule has 110 valence electrons. The molecule has 1 rings (SSSR count). The molecule has 20 heavy (non-hydrogen) atoms. The van der Waals surface area contributed by atoms with Crippen molar-refractivity contribution in [3.63, 3.8) is 0 Å². The van der Waals surface area contributed by atoms with Crippen molar-refractivity contribution in [1.82, 2.24) is 4.98 Å². The molecule has 0 saturated heterocycles. The van der Waals surface area contributed by atoms with Gasteiger partial charge >= 0.3 is 12.1 Å². The van der Waals surface area contributed by atoms with E-state index in [0.717, 1.165) is 0 Å². The zero-order valence-corrected chi connectivity index (χ0v) is 11.9. The van der Waals surface area contributed by atoms with Gasteiger partial charge in [0.1, 0.15) is 11.3 Å². The largest absolute Gasteiger partial charge is 0.461 e. The molecule has 0 radical (unpaired) electrons. The fourth-order valence-electron chi connectivity index (χ4n) is 1.44. The molecule has 2 N–H and O–H groups in total. The second-order valence-corrected chi connectivity index (χ2v) is 4.96. The number of ether oxygens (including phenoxy) is 2. The Morgan fingerprint density at radius 1 is 1.40 bits per heavy atom. The Morgan fingerprint density at radius 3 is 2.55 bits per heavy atom. The van der Waals surface area contributed by atoms with E-state index in [9.17, 15) is 14.4 Å². The van der Waals surface area contributed by atoms with Gasteiger partial charge in [-0.05, 0) is 27.7 Å². The maximum absolute atomic E-state index is 11.7. The number of anilines is 1. The Balaban J connectivity index is 2.97. The lowest BCUT2D eigenvalue weighted by Gasteiger charge is -2.19. The van der Waals surface area contributed by atoms with Crippen LogP contribution in [0.2, 0.25) is 0 Å². The zero-order valence-electron chi connectivity index (χ0n) is 11.9. The average Bonchev–Trinajstić information content (AvgIpc) is 2.69. The molecule has 0 fully saturated rings. The van der Waals surface area contributed by atoms with Crippen LogP contribution in [0.1, 0.15) is 48.5 Å². The number of aldehydes is 1. The van der Waals surface area contributed by atoms with E-state index in [4.69, 9.17) is 9.47 Å². The summed E-state index contributed by atoms with van der Waals surface area (Å²) in [4.78, 5) is 36.9. The lowest BCUT2D eigenvalue weighted by Crippen LogP contribution is -2.28. The number of hydrogen-bond donors (Lipinski definition) is 2. The first kappa shape index (κ1) is 15.7. The van der Waals surface area contributed by atoms with Gasteiger partial charge in [0.15, 0.2) is 6.29 Å². The van der Waals surface area contributed by atoms with Crippen molar-refractivity contribution in [3.05, 3.63) is 17.5 Å². The number of aromatic amines is 1. The lowest BCUT2D eigenvalue weighted by molar-refractivity contribution is 0.0521. The Kier molecular flexibility index (Phi) is 4.90. The molecule has 0 bridgehead atoms. The number of carbonyl (C=O) groups excluding carboxylic acids is 3. The number of H-pyrrole nitrogens is 1. The predicted molar refractivity (Wildman–Crippen MR) is 72.0 cm³/mol. The van der Waals surface area contributed by atoms with Crippen LogP contribution in [0.15, 0.2) is 6.20 Å². The summed E-state index contributed by atoms with van der Waals surface area (Å²) < 4.78 is 9.90. The first-order valence-electron chi connectivity index (χ1n) is 6.12. The number of rotatable bonds is 4. The monoisotopic (exact) mass is 282 g/mol. The highest BCUT2D eigenvalue weighted by atomic mass is 16.6. The second-order valence-electron chi connectivity index (χ2n) is 4.96. The Bertz CT molecular complexity index is 513. The van der Waals surface area contributed by atoms with E-state index in [1.54, 1.807) is 27.7 Å². The molecule has 0 aliphatic carbocycles. The van der Waals surface area contributed by atoms with E-state index >= 15 is 0 Å². The molecule has 1 heterocycles. The van der Waals surface area contributed by atoms with Crippen molar-refractivity contribution >= 4 is 24.0 Å². The highest BCUT2D eigenvalue weighted by Gasteiger charge is 2.23. The molecule has 0 unspecified atom stereocenters. The van der Waals surface area contributed by atoms with Crippen molar-refractivity contribution in [3.8, 4) is 0 Å². The molecule has 0 aliphatic heterocycles. The van der Waals surface area contributed by atoms with Gasteiger partial charge in [-0.2, -0.15) is 0 Å². The van der Waals surface area contributed by atoms with E-state index in [1.165, 1.54) is 6.20 Å². The molecule has 0 aromatic carbocycles. The summed E-state index contributed by atoms with van der Waals surface area (Å²) in [5, 5.41) is 2.38. The van der Waals surface area contributed by atoms with Crippen LogP contribution in [0.5, 0.6) is 0 Å². The average molecular weight is 282 g/mol. The zero-order chi connectivity index (χ0) is 15.3. The van der Waals surface area contributed by atoms with Crippen molar-refractivity contribution in [1.29, 1.82) is 0 Å². The smallest absolute Gasteiger partial charge is 0.412 e. The molecule has 0 saturated carbocycles. The third-order valence-electron chi connectivity index (χ3n) is 2.14. The highest BCUT2D eigenvalue weighted by Crippen LogP contribution is 2.21. The minimum absolute atomic E-state index is 0.000177. The van der Waals surface area contributed by atoms with Crippen LogP contribution in [-0.2, 0) is 9.47 Å². The molecular formula is C13H18N2O5. The standard InChI is InChI=1S/C13H18N2O5/c1-5-19-11(17)10-9(8(7-16)6-14-10)15-12(18)20-13(2,3)4/h6-7,14H,5H2,1-4H3,(H,15,18). The van der Waals surface area contributed by atoms with Crippen LogP contribution < -0.4 is 5.32 Å². The molecule has 0 spiro atoms. The summed E-state index contributed by atoms with van der Waals surface area (Å²) in [5.74, 6) is -0.661. The van der Waals surface area contributed by atoms with E-state index in [-0.39, 0.29) is 23.6 Å². The maximum Gasteiger partial charge on any atom is 0.412 e.